The van der Waals surface area contributed by atoms with Crippen LogP contribution in [0.15, 0.2) is 0 Å². The molecule has 3 fully saturated rings. The molecule has 2 N–H and O–H groups in total. The number of carbonyl (C=O) groups is 1. The Balaban J connectivity index is 2.01. The molecule has 5 nitrogen and oxygen atoms in total. The Kier molecular flexibility index (Phi) is 4.08. The zero-order chi connectivity index (χ0) is 17.1. The molecule has 3 saturated carbocycles. The van der Waals surface area contributed by atoms with Crippen molar-refractivity contribution in [2.45, 2.75) is 89.6 Å². The smallest absolute Gasteiger partial charge is 0.408 e. The standard InChI is InChI=1S/C16H30N2O3S/c1-11(17-22(21)14(5,6)7)15-8-16(9-15,10-15)18(12(19)20)13(2,3)4/h11,17H,8-10H2,1-7H3,(H,19,20)/t11?,15?,16?,22-/m0/s1. The lowest BCUT2D eigenvalue weighted by Crippen LogP contribution is -2.81. The van der Waals surface area contributed by atoms with Crippen molar-refractivity contribution in [3.05, 3.63) is 0 Å². The SMILES string of the molecule is CC(N[S@@+]([O-])C(C)(C)C)C12CC(N(C(=O)O)C(C)(C)C)(C1)C2. The van der Waals surface area contributed by atoms with E-state index in [4.69, 9.17) is 0 Å². The zero-order valence-corrected chi connectivity index (χ0v) is 15.6. The number of hydrogen-bond acceptors (Lipinski definition) is 3. The maximum atomic E-state index is 12.3. The van der Waals surface area contributed by atoms with Crippen LogP contribution < -0.4 is 4.72 Å². The van der Waals surface area contributed by atoms with Crippen LogP contribution in [0.5, 0.6) is 0 Å². The predicted octanol–water partition coefficient (Wildman–Crippen LogP) is 3.13. The number of nitrogens with zero attached hydrogens (tertiary/aromatic N) is 1. The molecule has 0 aromatic heterocycles. The second kappa shape index (κ2) is 5.02. The highest BCUT2D eigenvalue weighted by Crippen LogP contribution is 2.72. The summed E-state index contributed by atoms with van der Waals surface area (Å²) in [5.41, 5.74) is -0.480. The molecule has 2 bridgehead atoms. The van der Waals surface area contributed by atoms with Crippen LogP contribution in [0.3, 0.4) is 0 Å². The van der Waals surface area contributed by atoms with Gasteiger partial charge in [-0.2, -0.15) is 0 Å². The minimum absolute atomic E-state index is 0.111. The first-order chi connectivity index (χ1) is 9.74. The third-order valence-electron chi connectivity index (χ3n) is 5.14. The van der Waals surface area contributed by atoms with Crippen LogP contribution in [-0.2, 0) is 11.4 Å². The summed E-state index contributed by atoms with van der Waals surface area (Å²) >= 11 is -1.09. The molecule has 6 heteroatoms. The first-order valence-corrected chi connectivity index (χ1v) is 9.10. The van der Waals surface area contributed by atoms with Crippen LogP contribution in [0.1, 0.15) is 67.7 Å². The van der Waals surface area contributed by atoms with Gasteiger partial charge in [0.25, 0.3) is 0 Å². The highest BCUT2D eigenvalue weighted by molar-refractivity contribution is 7.90. The largest absolute Gasteiger partial charge is 0.598 e. The van der Waals surface area contributed by atoms with E-state index in [-0.39, 0.29) is 27.3 Å². The normalized spacial score (nSPS) is 33.5. The molecular formula is C16H30N2O3S. The van der Waals surface area contributed by atoms with Crippen molar-refractivity contribution < 1.29 is 14.5 Å². The minimum atomic E-state index is -1.09. The topological polar surface area (TPSA) is 75.6 Å². The van der Waals surface area contributed by atoms with E-state index >= 15 is 0 Å². The van der Waals surface area contributed by atoms with Crippen LogP contribution in [-0.4, -0.2) is 42.5 Å². The Morgan fingerprint density at radius 3 is 2.00 bits per heavy atom. The number of rotatable bonds is 4. The van der Waals surface area contributed by atoms with E-state index in [2.05, 4.69) is 11.6 Å². The Labute approximate surface area is 137 Å². The van der Waals surface area contributed by atoms with E-state index in [1.54, 1.807) is 4.90 Å². The Bertz CT molecular complexity index is 447. The maximum Gasteiger partial charge on any atom is 0.408 e. The summed E-state index contributed by atoms with van der Waals surface area (Å²) in [6, 6.07) is 0.144. The van der Waals surface area contributed by atoms with Gasteiger partial charge >= 0.3 is 6.09 Å². The fourth-order valence-corrected chi connectivity index (χ4v) is 5.10. The number of nitrogens with one attached hydrogen (secondary N) is 1. The molecule has 22 heavy (non-hydrogen) atoms. The van der Waals surface area contributed by atoms with Gasteiger partial charge in [0.1, 0.15) is 4.75 Å². The second-order valence-corrected chi connectivity index (χ2v) is 11.1. The fourth-order valence-electron chi connectivity index (χ4n) is 4.17. The summed E-state index contributed by atoms with van der Waals surface area (Å²) in [4.78, 5) is 13.3. The average Bonchev–Trinajstić information content (AvgIpc) is 2.16. The van der Waals surface area contributed by atoms with Gasteiger partial charge in [0.05, 0.1) is 6.04 Å². The van der Waals surface area contributed by atoms with E-state index in [0.717, 1.165) is 19.3 Å². The van der Waals surface area contributed by atoms with Gasteiger partial charge in [-0.1, -0.05) is 0 Å². The molecule has 128 valence electrons. The molecule has 0 aromatic carbocycles. The second-order valence-electron chi connectivity index (χ2n) is 9.13. The van der Waals surface area contributed by atoms with Gasteiger partial charge in [0.2, 0.25) is 0 Å². The van der Waals surface area contributed by atoms with Gasteiger partial charge in [0.15, 0.2) is 0 Å². The highest BCUT2D eigenvalue weighted by atomic mass is 32.2. The molecule has 3 rings (SSSR count). The highest BCUT2D eigenvalue weighted by Gasteiger charge is 2.74. The number of amides is 1. The predicted molar refractivity (Wildman–Crippen MR) is 89.1 cm³/mol. The number of carboxylic acid groups (broad SMARTS) is 1. The van der Waals surface area contributed by atoms with Crippen molar-refractivity contribution in [2.24, 2.45) is 5.41 Å². The van der Waals surface area contributed by atoms with Crippen molar-refractivity contribution in [3.63, 3.8) is 0 Å². The van der Waals surface area contributed by atoms with Crippen molar-refractivity contribution in [3.8, 4) is 0 Å². The van der Waals surface area contributed by atoms with Gasteiger partial charge in [-0.3, -0.25) is 4.90 Å². The molecule has 0 aliphatic heterocycles. The van der Waals surface area contributed by atoms with Crippen molar-refractivity contribution >= 4 is 17.5 Å². The molecule has 0 spiro atoms. The Hall–Kier alpha value is -0.460. The summed E-state index contributed by atoms with van der Waals surface area (Å²) in [6.07, 6.45) is 1.79. The molecule has 0 radical (unpaired) electrons. The number of hydrogen-bond donors (Lipinski definition) is 2. The van der Waals surface area contributed by atoms with Gasteiger partial charge in [0, 0.05) is 22.4 Å². The zero-order valence-electron chi connectivity index (χ0n) is 14.8. The van der Waals surface area contributed by atoms with E-state index in [0.29, 0.717) is 0 Å². The van der Waals surface area contributed by atoms with Crippen molar-refractivity contribution in [1.82, 2.24) is 9.62 Å². The van der Waals surface area contributed by atoms with Crippen LogP contribution in [0, 0.1) is 5.41 Å². The van der Waals surface area contributed by atoms with Gasteiger partial charge in [-0.15, -0.1) is 4.72 Å². The van der Waals surface area contributed by atoms with Gasteiger partial charge in [-0.05, 0) is 73.1 Å². The molecular weight excluding hydrogens is 300 g/mol. The van der Waals surface area contributed by atoms with Gasteiger partial charge < -0.3 is 9.66 Å². The average molecular weight is 330 g/mol. The van der Waals surface area contributed by atoms with E-state index < -0.39 is 17.5 Å². The van der Waals surface area contributed by atoms with Crippen molar-refractivity contribution in [2.75, 3.05) is 0 Å². The Morgan fingerprint density at radius 1 is 1.23 bits per heavy atom. The Morgan fingerprint density at radius 2 is 1.68 bits per heavy atom. The summed E-state index contributed by atoms with van der Waals surface area (Å²) < 4.78 is 15.2. The fraction of sp³-hybridized carbons (Fsp3) is 0.938. The minimum Gasteiger partial charge on any atom is -0.598 e. The molecule has 3 aliphatic carbocycles. The third-order valence-corrected chi connectivity index (χ3v) is 6.82. The van der Waals surface area contributed by atoms with Crippen LogP contribution >= 0.6 is 0 Å². The first-order valence-electron chi connectivity index (χ1n) is 7.95. The summed E-state index contributed by atoms with van der Waals surface area (Å²) in [6.45, 7) is 13.8. The summed E-state index contributed by atoms with van der Waals surface area (Å²) in [7, 11) is 0. The van der Waals surface area contributed by atoms with Gasteiger partial charge in [-0.25, -0.2) is 4.79 Å². The van der Waals surface area contributed by atoms with Crippen LogP contribution in [0.2, 0.25) is 0 Å². The van der Waals surface area contributed by atoms with Crippen LogP contribution in [0.4, 0.5) is 4.79 Å². The van der Waals surface area contributed by atoms with E-state index in [1.807, 2.05) is 41.5 Å². The lowest BCUT2D eigenvalue weighted by molar-refractivity contribution is -0.235. The molecule has 2 atom stereocenters. The summed E-state index contributed by atoms with van der Waals surface area (Å²) in [5.74, 6) is 0. The third kappa shape index (κ3) is 2.74. The molecule has 0 heterocycles. The molecule has 0 saturated heterocycles. The first kappa shape index (κ1) is 17.9. The maximum absolute atomic E-state index is 12.3. The quantitative estimate of drug-likeness (QED) is 0.777. The van der Waals surface area contributed by atoms with Crippen molar-refractivity contribution in [1.29, 1.82) is 0 Å². The molecule has 3 aliphatic rings. The van der Waals surface area contributed by atoms with E-state index in [9.17, 15) is 14.5 Å². The van der Waals surface area contributed by atoms with E-state index in [1.165, 1.54) is 0 Å². The summed E-state index contributed by atoms with van der Waals surface area (Å²) in [5, 5.41) is 9.57. The van der Waals surface area contributed by atoms with Crippen LogP contribution in [0.25, 0.3) is 0 Å². The molecule has 0 aromatic rings. The monoisotopic (exact) mass is 330 g/mol. The lowest BCUT2D eigenvalue weighted by Gasteiger charge is -2.76. The molecule has 1 unspecified atom stereocenters. The molecule has 1 amide bonds. The lowest BCUT2D eigenvalue weighted by atomic mass is 9.36.